The first-order valence-electron chi connectivity index (χ1n) is 4.50. The van der Waals surface area contributed by atoms with Crippen molar-refractivity contribution in [2.45, 2.75) is 12.5 Å². The molecule has 1 atom stereocenters. The smallest absolute Gasteiger partial charge is 0.307 e. The highest BCUT2D eigenvalue weighted by Gasteiger charge is 2.12. The van der Waals surface area contributed by atoms with Gasteiger partial charge in [-0.1, -0.05) is 6.07 Å². The van der Waals surface area contributed by atoms with Gasteiger partial charge in [-0.3, -0.25) is 4.79 Å². The first-order chi connectivity index (χ1) is 7.04. The molecule has 0 spiro atoms. The fourth-order valence-corrected chi connectivity index (χ4v) is 1.36. The van der Waals surface area contributed by atoms with Gasteiger partial charge in [-0.05, 0) is 23.3 Å². The molecule has 15 heavy (non-hydrogen) atoms. The van der Waals surface area contributed by atoms with Crippen LogP contribution in [0.3, 0.4) is 0 Å². The number of halogens is 1. The van der Waals surface area contributed by atoms with Crippen molar-refractivity contribution in [3.63, 3.8) is 0 Å². The lowest BCUT2D eigenvalue weighted by Crippen LogP contribution is -2.23. The summed E-state index contributed by atoms with van der Waals surface area (Å²) in [7, 11) is 0. The maximum atomic E-state index is 12.9. The van der Waals surface area contributed by atoms with Crippen molar-refractivity contribution in [3.05, 3.63) is 35.1 Å². The molecule has 0 bridgehead atoms. The first-order valence-corrected chi connectivity index (χ1v) is 4.50. The van der Waals surface area contributed by atoms with Crippen LogP contribution in [0.15, 0.2) is 18.2 Å². The van der Waals surface area contributed by atoms with E-state index in [4.69, 9.17) is 16.6 Å². The molecule has 0 fully saturated rings. The van der Waals surface area contributed by atoms with Gasteiger partial charge in [0, 0.05) is 12.6 Å². The number of carboxylic acids is 1. The monoisotopic (exact) mass is 212 g/mol. The molecule has 0 saturated heterocycles. The second-order valence-electron chi connectivity index (χ2n) is 3.26. The summed E-state index contributed by atoms with van der Waals surface area (Å²) in [6.45, 7) is 0.149. The molecule has 1 rings (SSSR count). The van der Waals surface area contributed by atoms with Crippen LogP contribution in [0.5, 0.6) is 0 Å². The molecule has 5 N–H and O–H groups in total. The van der Waals surface area contributed by atoms with Gasteiger partial charge in [-0.15, -0.1) is 0 Å². The van der Waals surface area contributed by atoms with Crippen LogP contribution in [0.1, 0.15) is 17.2 Å². The largest absolute Gasteiger partial charge is 0.481 e. The molecule has 0 aliphatic carbocycles. The molecular weight excluding hydrogens is 199 g/mol. The first kappa shape index (κ1) is 11.6. The van der Waals surface area contributed by atoms with Crippen LogP contribution in [0.4, 0.5) is 4.39 Å². The highest BCUT2D eigenvalue weighted by atomic mass is 19.1. The number of hydrogen-bond acceptors (Lipinski definition) is 3. The van der Waals surface area contributed by atoms with E-state index in [1.54, 1.807) is 0 Å². The third-order valence-electron chi connectivity index (χ3n) is 2.10. The molecule has 4 nitrogen and oxygen atoms in total. The summed E-state index contributed by atoms with van der Waals surface area (Å²) in [5, 5.41) is 8.65. The highest BCUT2D eigenvalue weighted by Crippen LogP contribution is 2.17. The predicted octanol–water partition coefficient (Wildman–Crippen LogP) is 0.411. The number of carbonyl (C=O) groups is 1. The molecule has 0 radical (unpaired) electrons. The van der Waals surface area contributed by atoms with Crippen molar-refractivity contribution in [2.75, 3.05) is 6.54 Å². The fraction of sp³-hybridized carbons (Fsp3) is 0.300. The molecule has 82 valence electrons. The number of rotatable bonds is 4. The van der Waals surface area contributed by atoms with Crippen LogP contribution in [-0.2, 0) is 11.2 Å². The number of carboxylic acid groups (broad SMARTS) is 1. The predicted molar refractivity (Wildman–Crippen MR) is 53.7 cm³/mol. The van der Waals surface area contributed by atoms with Crippen LogP contribution >= 0.6 is 0 Å². The third-order valence-corrected chi connectivity index (χ3v) is 2.10. The molecule has 0 amide bonds. The van der Waals surface area contributed by atoms with E-state index in [2.05, 4.69) is 0 Å². The number of benzene rings is 1. The zero-order valence-corrected chi connectivity index (χ0v) is 8.11. The van der Waals surface area contributed by atoms with Gasteiger partial charge in [-0.25, -0.2) is 4.39 Å². The SMILES string of the molecule is NC[C@@H](N)c1cc(F)ccc1CC(=O)O. The summed E-state index contributed by atoms with van der Waals surface area (Å²) in [5.41, 5.74) is 12.0. The second kappa shape index (κ2) is 4.86. The van der Waals surface area contributed by atoms with Crippen LogP contribution in [-0.4, -0.2) is 17.6 Å². The molecular formula is C10H13FN2O2. The molecule has 0 unspecified atom stereocenters. The van der Waals surface area contributed by atoms with Gasteiger partial charge in [0.25, 0.3) is 0 Å². The van der Waals surface area contributed by atoms with Gasteiger partial charge in [0.05, 0.1) is 6.42 Å². The van der Waals surface area contributed by atoms with Gasteiger partial charge in [-0.2, -0.15) is 0 Å². The highest BCUT2D eigenvalue weighted by molar-refractivity contribution is 5.70. The number of hydrogen-bond donors (Lipinski definition) is 3. The minimum atomic E-state index is -0.980. The summed E-state index contributed by atoms with van der Waals surface area (Å²) in [6, 6.07) is 3.34. The van der Waals surface area contributed by atoms with E-state index in [9.17, 15) is 9.18 Å². The summed E-state index contributed by atoms with van der Waals surface area (Å²) in [6.07, 6.45) is -0.177. The maximum Gasteiger partial charge on any atom is 0.307 e. The summed E-state index contributed by atoms with van der Waals surface area (Å²) in [4.78, 5) is 10.6. The van der Waals surface area contributed by atoms with Crippen LogP contribution in [0, 0.1) is 5.82 Å². The lowest BCUT2D eigenvalue weighted by Gasteiger charge is -2.13. The summed E-state index contributed by atoms with van der Waals surface area (Å²) < 4.78 is 12.9. The van der Waals surface area contributed by atoms with Crippen molar-refractivity contribution >= 4 is 5.97 Å². The van der Waals surface area contributed by atoms with Gasteiger partial charge in [0.2, 0.25) is 0 Å². The topological polar surface area (TPSA) is 89.3 Å². The molecule has 0 heterocycles. The summed E-state index contributed by atoms with van der Waals surface area (Å²) in [5.74, 6) is -1.42. The van der Waals surface area contributed by atoms with Crippen LogP contribution in [0.2, 0.25) is 0 Å². The maximum absolute atomic E-state index is 12.9. The Kier molecular flexibility index (Phi) is 3.76. The Labute approximate surface area is 86.7 Å². The summed E-state index contributed by atoms with van der Waals surface area (Å²) >= 11 is 0. The molecule has 0 aliphatic rings. The lowest BCUT2D eigenvalue weighted by atomic mass is 9.98. The Morgan fingerprint density at radius 1 is 1.53 bits per heavy atom. The van der Waals surface area contributed by atoms with E-state index in [0.717, 1.165) is 0 Å². The molecule has 0 aliphatic heterocycles. The van der Waals surface area contributed by atoms with E-state index in [-0.39, 0.29) is 13.0 Å². The Bertz CT molecular complexity index is 368. The van der Waals surface area contributed by atoms with Crippen molar-refractivity contribution in [1.29, 1.82) is 0 Å². The minimum absolute atomic E-state index is 0.149. The fourth-order valence-electron chi connectivity index (χ4n) is 1.36. The lowest BCUT2D eigenvalue weighted by molar-refractivity contribution is -0.136. The van der Waals surface area contributed by atoms with Crippen molar-refractivity contribution in [3.8, 4) is 0 Å². The Balaban J connectivity index is 3.08. The molecule has 0 aromatic heterocycles. The molecule has 1 aromatic carbocycles. The van der Waals surface area contributed by atoms with E-state index >= 15 is 0 Å². The van der Waals surface area contributed by atoms with Crippen molar-refractivity contribution in [1.82, 2.24) is 0 Å². The molecule has 0 saturated carbocycles. The van der Waals surface area contributed by atoms with Gasteiger partial charge < -0.3 is 16.6 Å². The van der Waals surface area contributed by atoms with E-state index in [0.29, 0.717) is 11.1 Å². The van der Waals surface area contributed by atoms with Crippen molar-refractivity contribution in [2.24, 2.45) is 11.5 Å². The molecule has 5 heteroatoms. The van der Waals surface area contributed by atoms with Gasteiger partial charge >= 0.3 is 5.97 Å². The normalized spacial score (nSPS) is 12.5. The van der Waals surface area contributed by atoms with E-state index in [1.165, 1.54) is 18.2 Å². The van der Waals surface area contributed by atoms with Gasteiger partial charge in [0.1, 0.15) is 5.82 Å². The zero-order chi connectivity index (χ0) is 11.4. The quantitative estimate of drug-likeness (QED) is 0.674. The van der Waals surface area contributed by atoms with Gasteiger partial charge in [0.15, 0.2) is 0 Å². The van der Waals surface area contributed by atoms with Crippen LogP contribution in [0.25, 0.3) is 0 Å². The standard InChI is InChI=1S/C10H13FN2O2/c11-7-2-1-6(3-10(14)15)8(4-7)9(13)5-12/h1-2,4,9H,3,5,12-13H2,(H,14,15)/t9-/m1/s1. The third kappa shape index (κ3) is 3.00. The minimum Gasteiger partial charge on any atom is -0.481 e. The van der Waals surface area contributed by atoms with Crippen molar-refractivity contribution < 1.29 is 14.3 Å². The van der Waals surface area contributed by atoms with Crippen LogP contribution < -0.4 is 11.5 Å². The zero-order valence-electron chi connectivity index (χ0n) is 8.11. The Morgan fingerprint density at radius 2 is 2.20 bits per heavy atom. The number of nitrogens with two attached hydrogens (primary N) is 2. The Hall–Kier alpha value is -1.46. The van der Waals surface area contributed by atoms with E-state index < -0.39 is 17.8 Å². The Morgan fingerprint density at radius 3 is 2.73 bits per heavy atom. The average molecular weight is 212 g/mol. The second-order valence-corrected chi connectivity index (χ2v) is 3.26. The molecule has 1 aromatic rings. The van der Waals surface area contributed by atoms with E-state index in [1.807, 2.05) is 0 Å². The number of aliphatic carboxylic acids is 1. The average Bonchev–Trinajstić information content (AvgIpc) is 2.19.